The van der Waals surface area contributed by atoms with E-state index >= 15 is 0 Å². The molecule has 1 aromatic carbocycles. The lowest BCUT2D eigenvalue weighted by molar-refractivity contribution is 0.744. The van der Waals surface area contributed by atoms with E-state index in [1.807, 2.05) is 44.3 Å². The Balaban J connectivity index is 1.79. The number of nitrogens with one attached hydrogen (secondary N) is 1. The van der Waals surface area contributed by atoms with E-state index < -0.39 is 0 Å². The second-order valence-corrected chi connectivity index (χ2v) is 6.70. The molecule has 0 aliphatic carbocycles. The molecular formula is C19H22N8O. The quantitative estimate of drug-likeness (QED) is 0.572. The van der Waals surface area contributed by atoms with Crippen LogP contribution in [0.5, 0.6) is 0 Å². The molecule has 4 rings (SSSR count). The topological polar surface area (TPSA) is 97.5 Å². The SMILES string of the molecule is CCCc1nn(C)c2c(=O)[nH]c(N(C)c3nn(-c4ccccc4)nc3C)nc12. The Bertz CT molecular complexity index is 1190. The Kier molecular flexibility index (Phi) is 4.42. The third-order valence-corrected chi connectivity index (χ3v) is 4.62. The number of anilines is 2. The minimum Gasteiger partial charge on any atom is -0.296 e. The van der Waals surface area contributed by atoms with Gasteiger partial charge in [-0.25, -0.2) is 4.98 Å². The first-order chi connectivity index (χ1) is 13.5. The highest BCUT2D eigenvalue weighted by atomic mass is 16.1. The fraction of sp³-hybridized carbons (Fsp3) is 0.316. The first-order valence-electron chi connectivity index (χ1n) is 9.18. The Hall–Kier alpha value is -3.49. The summed E-state index contributed by atoms with van der Waals surface area (Å²) >= 11 is 0. The van der Waals surface area contributed by atoms with Crippen LogP contribution >= 0.6 is 0 Å². The predicted octanol–water partition coefficient (Wildman–Crippen LogP) is 2.27. The van der Waals surface area contributed by atoms with Gasteiger partial charge in [-0.1, -0.05) is 31.5 Å². The normalized spacial score (nSPS) is 11.3. The molecule has 3 aromatic heterocycles. The Morgan fingerprint density at radius 2 is 1.89 bits per heavy atom. The van der Waals surface area contributed by atoms with E-state index in [0.29, 0.717) is 22.8 Å². The van der Waals surface area contributed by atoms with Gasteiger partial charge in [0.15, 0.2) is 11.3 Å². The summed E-state index contributed by atoms with van der Waals surface area (Å²) < 4.78 is 1.59. The molecule has 9 nitrogen and oxygen atoms in total. The average molecular weight is 378 g/mol. The van der Waals surface area contributed by atoms with Crippen LogP contribution < -0.4 is 10.5 Å². The summed E-state index contributed by atoms with van der Waals surface area (Å²) in [5.41, 5.74) is 3.30. The number of aryl methyl sites for hydroxylation is 3. The lowest BCUT2D eigenvalue weighted by Gasteiger charge is -2.15. The van der Waals surface area contributed by atoms with Gasteiger partial charge in [0.25, 0.3) is 5.56 Å². The first kappa shape index (κ1) is 17.9. The Labute approximate surface area is 161 Å². The van der Waals surface area contributed by atoms with E-state index in [-0.39, 0.29) is 5.56 Å². The third kappa shape index (κ3) is 2.94. The number of aromatic nitrogens is 7. The van der Waals surface area contributed by atoms with Crippen molar-refractivity contribution in [3.63, 3.8) is 0 Å². The molecule has 0 atom stereocenters. The molecule has 0 fully saturated rings. The summed E-state index contributed by atoms with van der Waals surface area (Å²) in [7, 11) is 3.57. The number of nitrogens with zero attached hydrogens (tertiary/aromatic N) is 7. The second-order valence-electron chi connectivity index (χ2n) is 6.70. The molecule has 0 aliphatic rings. The van der Waals surface area contributed by atoms with Gasteiger partial charge in [0.05, 0.1) is 11.4 Å². The van der Waals surface area contributed by atoms with E-state index in [1.165, 1.54) is 0 Å². The van der Waals surface area contributed by atoms with Gasteiger partial charge >= 0.3 is 0 Å². The number of H-pyrrole nitrogens is 1. The van der Waals surface area contributed by atoms with Crippen LogP contribution in [0.15, 0.2) is 35.1 Å². The number of aromatic amines is 1. The van der Waals surface area contributed by atoms with Gasteiger partial charge in [0.1, 0.15) is 11.2 Å². The van der Waals surface area contributed by atoms with Gasteiger partial charge in [-0.05, 0) is 25.5 Å². The summed E-state index contributed by atoms with van der Waals surface area (Å²) in [6, 6.07) is 9.67. The highest BCUT2D eigenvalue weighted by Crippen LogP contribution is 2.23. The van der Waals surface area contributed by atoms with Crippen molar-refractivity contribution in [2.24, 2.45) is 7.05 Å². The van der Waals surface area contributed by atoms with Crippen molar-refractivity contribution < 1.29 is 0 Å². The Morgan fingerprint density at radius 1 is 1.14 bits per heavy atom. The number of hydrogen-bond donors (Lipinski definition) is 1. The highest BCUT2D eigenvalue weighted by Gasteiger charge is 2.20. The maximum absolute atomic E-state index is 12.7. The first-order valence-corrected chi connectivity index (χ1v) is 9.18. The summed E-state index contributed by atoms with van der Waals surface area (Å²) in [5.74, 6) is 1.03. The van der Waals surface area contributed by atoms with E-state index in [4.69, 9.17) is 0 Å². The van der Waals surface area contributed by atoms with Crippen LogP contribution in [0.3, 0.4) is 0 Å². The zero-order valence-corrected chi connectivity index (χ0v) is 16.3. The molecule has 0 bridgehead atoms. The van der Waals surface area contributed by atoms with Crippen molar-refractivity contribution in [2.45, 2.75) is 26.7 Å². The lowest BCUT2D eigenvalue weighted by atomic mass is 10.2. The number of fused-ring (bicyclic) bond motifs is 1. The molecule has 0 aliphatic heterocycles. The van der Waals surface area contributed by atoms with E-state index in [0.717, 1.165) is 29.9 Å². The molecular weight excluding hydrogens is 356 g/mol. The van der Waals surface area contributed by atoms with E-state index in [9.17, 15) is 4.79 Å². The molecule has 0 radical (unpaired) electrons. The average Bonchev–Trinajstić information content (AvgIpc) is 3.23. The maximum Gasteiger partial charge on any atom is 0.278 e. The zero-order valence-electron chi connectivity index (χ0n) is 16.3. The molecule has 3 heterocycles. The standard InChI is InChI=1S/C19H22N8O/c1-5-9-14-15-16(26(4)23-14)18(28)21-19(20-15)25(3)17-12(2)22-27(24-17)13-10-7-6-8-11-13/h6-8,10-11H,5,9H2,1-4H3,(H,20,21,28). The minimum absolute atomic E-state index is 0.225. The van der Waals surface area contributed by atoms with E-state index in [1.54, 1.807) is 21.4 Å². The fourth-order valence-corrected chi connectivity index (χ4v) is 3.26. The van der Waals surface area contributed by atoms with Crippen LogP contribution in [-0.4, -0.2) is 41.8 Å². The monoisotopic (exact) mass is 378 g/mol. The number of para-hydroxylation sites is 1. The highest BCUT2D eigenvalue weighted by molar-refractivity contribution is 5.78. The largest absolute Gasteiger partial charge is 0.296 e. The van der Waals surface area contributed by atoms with Crippen molar-refractivity contribution in [2.75, 3.05) is 11.9 Å². The lowest BCUT2D eigenvalue weighted by Crippen LogP contribution is -2.20. The molecule has 28 heavy (non-hydrogen) atoms. The van der Waals surface area contributed by atoms with Gasteiger partial charge in [-0.15, -0.1) is 9.90 Å². The summed E-state index contributed by atoms with van der Waals surface area (Å²) in [4.78, 5) is 23.5. The predicted molar refractivity (Wildman–Crippen MR) is 107 cm³/mol. The van der Waals surface area contributed by atoms with E-state index in [2.05, 4.69) is 32.2 Å². The smallest absolute Gasteiger partial charge is 0.278 e. The van der Waals surface area contributed by atoms with Gasteiger partial charge in [0.2, 0.25) is 5.95 Å². The molecule has 0 unspecified atom stereocenters. The molecule has 0 amide bonds. The van der Waals surface area contributed by atoms with Crippen LogP contribution in [0.2, 0.25) is 0 Å². The van der Waals surface area contributed by atoms with Gasteiger partial charge < -0.3 is 0 Å². The van der Waals surface area contributed by atoms with Crippen LogP contribution in [0.1, 0.15) is 24.7 Å². The van der Waals surface area contributed by atoms with Crippen LogP contribution in [0.25, 0.3) is 16.7 Å². The summed E-state index contributed by atoms with van der Waals surface area (Å²) in [6.07, 6.45) is 1.69. The molecule has 4 aromatic rings. The summed E-state index contributed by atoms with van der Waals surface area (Å²) in [5, 5.41) is 13.5. The van der Waals surface area contributed by atoms with Crippen molar-refractivity contribution >= 4 is 22.8 Å². The van der Waals surface area contributed by atoms with Crippen molar-refractivity contribution in [1.82, 2.24) is 34.7 Å². The van der Waals surface area contributed by atoms with Crippen LogP contribution in [0.4, 0.5) is 11.8 Å². The van der Waals surface area contributed by atoms with Crippen LogP contribution in [0, 0.1) is 6.92 Å². The Morgan fingerprint density at radius 3 is 2.61 bits per heavy atom. The van der Waals surface area contributed by atoms with Crippen molar-refractivity contribution in [3.8, 4) is 5.69 Å². The number of rotatable bonds is 5. The molecule has 0 saturated heterocycles. The minimum atomic E-state index is -0.225. The number of benzene rings is 1. The molecule has 1 N–H and O–H groups in total. The van der Waals surface area contributed by atoms with Gasteiger partial charge in [-0.3, -0.25) is 19.4 Å². The molecule has 9 heteroatoms. The molecule has 144 valence electrons. The summed E-state index contributed by atoms with van der Waals surface area (Å²) in [6.45, 7) is 3.95. The van der Waals surface area contributed by atoms with Gasteiger partial charge in [0, 0.05) is 14.1 Å². The fourth-order valence-electron chi connectivity index (χ4n) is 3.26. The van der Waals surface area contributed by atoms with Gasteiger partial charge in [-0.2, -0.15) is 10.2 Å². The van der Waals surface area contributed by atoms with Crippen molar-refractivity contribution in [1.29, 1.82) is 0 Å². The number of hydrogen-bond acceptors (Lipinski definition) is 6. The molecule has 0 saturated carbocycles. The van der Waals surface area contributed by atoms with Crippen LogP contribution in [-0.2, 0) is 13.5 Å². The van der Waals surface area contributed by atoms with Crippen molar-refractivity contribution in [3.05, 3.63) is 52.1 Å². The zero-order chi connectivity index (χ0) is 19.8. The maximum atomic E-state index is 12.7. The second kappa shape index (κ2) is 6.91. The third-order valence-electron chi connectivity index (χ3n) is 4.62. The molecule has 0 spiro atoms.